The molecule has 0 bridgehead atoms. The lowest BCUT2D eigenvalue weighted by molar-refractivity contribution is 0.286. The number of ether oxygens (including phenoxy) is 1. The quantitative estimate of drug-likeness (QED) is 0.865. The highest BCUT2D eigenvalue weighted by molar-refractivity contribution is 5.41. The van der Waals surface area contributed by atoms with E-state index in [2.05, 4.69) is 24.2 Å². The van der Waals surface area contributed by atoms with E-state index in [9.17, 15) is 0 Å². The van der Waals surface area contributed by atoms with Gasteiger partial charge in [-0.05, 0) is 37.5 Å². The second kappa shape index (κ2) is 6.38. The first-order valence-electron chi connectivity index (χ1n) is 6.61. The van der Waals surface area contributed by atoms with Crippen molar-refractivity contribution >= 4 is 0 Å². The number of nitrogens with zero attached hydrogens (tertiary/aromatic N) is 2. The molecule has 4 heteroatoms. The molecular formula is C15H21N3O. The van der Waals surface area contributed by atoms with Crippen LogP contribution < -0.4 is 10.5 Å². The van der Waals surface area contributed by atoms with Crippen LogP contribution in [0.3, 0.4) is 0 Å². The van der Waals surface area contributed by atoms with Crippen molar-refractivity contribution in [2.75, 3.05) is 6.61 Å². The van der Waals surface area contributed by atoms with Crippen molar-refractivity contribution in [1.82, 2.24) is 9.78 Å². The lowest BCUT2D eigenvalue weighted by atomic mass is 10.0. The van der Waals surface area contributed by atoms with Crippen LogP contribution in [0, 0.1) is 6.92 Å². The first kappa shape index (κ1) is 13.6. The fraction of sp³-hybridized carbons (Fsp3) is 0.400. The average molecular weight is 259 g/mol. The Balaban J connectivity index is 2.01. The third-order valence-corrected chi connectivity index (χ3v) is 2.96. The number of rotatable bonds is 6. The molecule has 0 saturated carbocycles. The van der Waals surface area contributed by atoms with E-state index in [4.69, 9.17) is 10.5 Å². The summed E-state index contributed by atoms with van der Waals surface area (Å²) in [6.07, 6.45) is 4.54. The summed E-state index contributed by atoms with van der Waals surface area (Å²) in [7, 11) is 0. The molecule has 2 N–H and O–H groups in total. The maximum atomic E-state index is 5.93. The van der Waals surface area contributed by atoms with Gasteiger partial charge in [-0.25, -0.2) is 0 Å². The molecule has 1 atom stereocenters. The predicted octanol–water partition coefficient (Wildman–Crippen LogP) is 2.16. The van der Waals surface area contributed by atoms with Crippen LogP contribution in [0.2, 0.25) is 0 Å². The lowest BCUT2D eigenvalue weighted by Gasteiger charge is -2.15. The Morgan fingerprint density at radius 1 is 1.37 bits per heavy atom. The first-order valence-corrected chi connectivity index (χ1v) is 6.61. The van der Waals surface area contributed by atoms with Gasteiger partial charge in [-0.3, -0.25) is 4.68 Å². The Morgan fingerprint density at radius 3 is 2.89 bits per heavy atom. The van der Waals surface area contributed by atoms with Crippen LogP contribution in [0.4, 0.5) is 0 Å². The third-order valence-electron chi connectivity index (χ3n) is 2.96. The Hall–Kier alpha value is -1.81. The van der Waals surface area contributed by atoms with E-state index in [1.165, 1.54) is 5.56 Å². The van der Waals surface area contributed by atoms with Gasteiger partial charge in [0.2, 0.25) is 0 Å². The summed E-state index contributed by atoms with van der Waals surface area (Å²) in [5, 5.41) is 4.16. The average Bonchev–Trinajstić information content (AvgIpc) is 2.85. The maximum absolute atomic E-state index is 5.93. The van der Waals surface area contributed by atoms with Crippen LogP contribution in [-0.4, -0.2) is 22.4 Å². The van der Waals surface area contributed by atoms with Crippen LogP contribution in [0.15, 0.2) is 36.7 Å². The van der Waals surface area contributed by atoms with Crippen molar-refractivity contribution in [1.29, 1.82) is 0 Å². The zero-order valence-corrected chi connectivity index (χ0v) is 11.5. The van der Waals surface area contributed by atoms with E-state index < -0.39 is 0 Å². The summed E-state index contributed by atoms with van der Waals surface area (Å²) in [6, 6.07) is 8.24. The van der Waals surface area contributed by atoms with Gasteiger partial charge >= 0.3 is 0 Å². The molecule has 1 aromatic carbocycles. The van der Waals surface area contributed by atoms with E-state index in [0.29, 0.717) is 6.61 Å². The molecule has 2 aromatic rings. The van der Waals surface area contributed by atoms with Gasteiger partial charge in [0.15, 0.2) is 0 Å². The number of benzene rings is 1. The second-order valence-corrected chi connectivity index (χ2v) is 4.86. The minimum atomic E-state index is 0.135. The van der Waals surface area contributed by atoms with Crippen molar-refractivity contribution in [3.63, 3.8) is 0 Å². The molecule has 1 aromatic heterocycles. The highest BCUT2D eigenvalue weighted by Crippen LogP contribution is 2.24. The zero-order chi connectivity index (χ0) is 13.7. The van der Waals surface area contributed by atoms with E-state index in [0.717, 1.165) is 24.3 Å². The Bertz CT molecular complexity index is 506. The van der Waals surface area contributed by atoms with E-state index in [1.54, 1.807) is 6.20 Å². The molecule has 1 unspecified atom stereocenters. The second-order valence-electron chi connectivity index (χ2n) is 4.86. The fourth-order valence-electron chi connectivity index (χ4n) is 2.10. The number of para-hydroxylation sites is 1. The number of hydrogen-bond donors (Lipinski definition) is 1. The number of hydrogen-bond acceptors (Lipinski definition) is 3. The standard InChI is InChI=1S/C15H21N3O/c1-12-5-3-6-14(11-13(2)16)15(12)19-10-9-18-8-4-7-17-18/h3-8,13H,9-11,16H2,1-2H3. The molecule has 0 aliphatic rings. The maximum Gasteiger partial charge on any atom is 0.125 e. The summed E-state index contributed by atoms with van der Waals surface area (Å²) in [4.78, 5) is 0. The molecule has 0 fully saturated rings. The Labute approximate surface area is 114 Å². The highest BCUT2D eigenvalue weighted by atomic mass is 16.5. The third kappa shape index (κ3) is 3.83. The molecule has 0 radical (unpaired) electrons. The molecule has 1 heterocycles. The Kier molecular flexibility index (Phi) is 4.58. The molecule has 0 amide bonds. The normalized spacial score (nSPS) is 12.4. The molecular weight excluding hydrogens is 238 g/mol. The van der Waals surface area contributed by atoms with Gasteiger partial charge in [-0.2, -0.15) is 5.10 Å². The van der Waals surface area contributed by atoms with Gasteiger partial charge in [-0.15, -0.1) is 0 Å². The molecule has 0 saturated heterocycles. The molecule has 102 valence electrons. The molecule has 0 aliphatic heterocycles. The fourth-order valence-corrected chi connectivity index (χ4v) is 2.10. The summed E-state index contributed by atoms with van der Waals surface area (Å²) >= 11 is 0. The summed E-state index contributed by atoms with van der Waals surface area (Å²) in [5.41, 5.74) is 8.21. The number of nitrogens with two attached hydrogens (primary N) is 1. The molecule has 0 spiro atoms. The van der Waals surface area contributed by atoms with Crippen molar-refractivity contribution < 1.29 is 4.74 Å². The van der Waals surface area contributed by atoms with E-state index in [1.807, 2.05) is 29.9 Å². The monoisotopic (exact) mass is 259 g/mol. The van der Waals surface area contributed by atoms with Crippen molar-refractivity contribution in [3.05, 3.63) is 47.8 Å². The number of aromatic nitrogens is 2. The van der Waals surface area contributed by atoms with Gasteiger partial charge in [0, 0.05) is 18.4 Å². The van der Waals surface area contributed by atoms with E-state index >= 15 is 0 Å². The van der Waals surface area contributed by atoms with Crippen LogP contribution in [0.5, 0.6) is 5.75 Å². The SMILES string of the molecule is Cc1cccc(CC(C)N)c1OCCn1cccn1. The van der Waals surface area contributed by atoms with Crippen molar-refractivity contribution in [2.45, 2.75) is 32.9 Å². The summed E-state index contributed by atoms with van der Waals surface area (Å²) in [5.74, 6) is 0.965. The van der Waals surface area contributed by atoms with Crippen LogP contribution in [0.25, 0.3) is 0 Å². The van der Waals surface area contributed by atoms with Gasteiger partial charge in [0.1, 0.15) is 12.4 Å². The Morgan fingerprint density at radius 2 is 2.21 bits per heavy atom. The zero-order valence-electron chi connectivity index (χ0n) is 11.5. The summed E-state index contributed by atoms with van der Waals surface area (Å²) in [6.45, 7) is 5.43. The topological polar surface area (TPSA) is 53.1 Å². The molecule has 0 aliphatic carbocycles. The van der Waals surface area contributed by atoms with Gasteiger partial charge < -0.3 is 10.5 Å². The predicted molar refractivity (Wildman–Crippen MR) is 76.3 cm³/mol. The van der Waals surface area contributed by atoms with Gasteiger partial charge in [0.05, 0.1) is 6.54 Å². The lowest BCUT2D eigenvalue weighted by Crippen LogP contribution is -2.19. The molecule has 2 rings (SSSR count). The summed E-state index contributed by atoms with van der Waals surface area (Å²) < 4.78 is 7.79. The van der Waals surface area contributed by atoms with Gasteiger partial charge in [-0.1, -0.05) is 18.2 Å². The first-order chi connectivity index (χ1) is 9.16. The highest BCUT2D eigenvalue weighted by Gasteiger charge is 2.08. The largest absolute Gasteiger partial charge is 0.491 e. The number of aryl methyl sites for hydroxylation is 1. The van der Waals surface area contributed by atoms with Crippen LogP contribution in [-0.2, 0) is 13.0 Å². The van der Waals surface area contributed by atoms with Gasteiger partial charge in [0.25, 0.3) is 0 Å². The van der Waals surface area contributed by atoms with Crippen molar-refractivity contribution in [3.8, 4) is 5.75 Å². The van der Waals surface area contributed by atoms with Crippen LogP contribution >= 0.6 is 0 Å². The van der Waals surface area contributed by atoms with E-state index in [-0.39, 0.29) is 6.04 Å². The van der Waals surface area contributed by atoms with Crippen molar-refractivity contribution in [2.24, 2.45) is 5.73 Å². The molecule has 4 nitrogen and oxygen atoms in total. The van der Waals surface area contributed by atoms with Crippen LogP contribution in [0.1, 0.15) is 18.1 Å². The molecule has 19 heavy (non-hydrogen) atoms. The smallest absolute Gasteiger partial charge is 0.125 e. The minimum Gasteiger partial charge on any atom is -0.491 e. The minimum absolute atomic E-state index is 0.135.